The molecule has 0 bridgehead atoms. The van der Waals surface area contributed by atoms with E-state index in [1.807, 2.05) is 11.1 Å². The van der Waals surface area contributed by atoms with Gasteiger partial charge < -0.3 is 4.90 Å². The van der Waals surface area contributed by atoms with Crippen LogP contribution in [-0.4, -0.2) is 37.6 Å². The number of hydrogen-bond acceptors (Lipinski definition) is 6. The zero-order chi connectivity index (χ0) is 9.38. The van der Waals surface area contributed by atoms with E-state index < -0.39 is 0 Å². The molecule has 1 aromatic rings. The maximum atomic E-state index is 3.96. The number of anilines is 1. The average molecular weight is 208 g/mol. The van der Waals surface area contributed by atoms with Crippen LogP contribution in [-0.2, 0) is 0 Å². The normalized spacial score (nSPS) is 24.4. The number of aromatic amines is 1. The summed E-state index contributed by atoms with van der Waals surface area (Å²) in [4.78, 5) is 4.19. The highest BCUT2D eigenvalue weighted by atomic mass is 32.2. The Hall–Kier alpha value is -1.50. The lowest BCUT2D eigenvalue weighted by molar-refractivity contribution is 0.384. The first-order chi connectivity index (χ1) is 6.95. The van der Waals surface area contributed by atoms with E-state index in [1.165, 1.54) is 0 Å². The quantitative estimate of drug-likeness (QED) is 0.718. The molecule has 14 heavy (non-hydrogen) atoms. The SMILES string of the molecule is C1=CN(c2nn[nH]n2)C2SC=CN2C1. The zero-order valence-electron chi connectivity index (χ0n) is 7.24. The molecule has 0 saturated heterocycles. The number of thioether (sulfide) groups is 1. The third-order valence-corrected chi connectivity index (χ3v) is 3.14. The Bertz CT molecular complexity index is 372. The molecule has 0 spiro atoms. The third-order valence-electron chi connectivity index (χ3n) is 2.12. The minimum atomic E-state index is 0.234. The molecule has 1 aromatic heterocycles. The molecule has 0 fully saturated rings. The van der Waals surface area contributed by atoms with Crippen molar-refractivity contribution in [2.75, 3.05) is 11.4 Å². The molecule has 7 heteroatoms. The molecular weight excluding hydrogens is 200 g/mol. The molecule has 0 aliphatic carbocycles. The molecule has 1 N–H and O–H groups in total. The Morgan fingerprint density at radius 3 is 3.36 bits per heavy atom. The standard InChI is InChI=1S/C7H8N6S/c1-2-12-4-5-14-7(12)13(3-1)6-8-10-11-9-6/h1,3-5,7H,2H2,(H,8,9,10,11). The van der Waals surface area contributed by atoms with Crippen LogP contribution in [0.4, 0.5) is 5.95 Å². The van der Waals surface area contributed by atoms with Gasteiger partial charge in [0.1, 0.15) is 0 Å². The van der Waals surface area contributed by atoms with E-state index in [0.29, 0.717) is 5.95 Å². The Labute approximate surface area is 84.6 Å². The predicted molar refractivity (Wildman–Crippen MR) is 53.0 cm³/mol. The summed E-state index contributed by atoms with van der Waals surface area (Å²) in [6.07, 6.45) is 6.14. The van der Waals surface area contributed by atoms with Crippen molar-refractivity contribution in [3.8, 4) is 0 Å². The summed E-state index contributed by atoms with van der Waals surface area (Å²) in [5.74, 6) is 0.604. The first kappa shape index (κ1) is 7.86. The summed E-state index contributed by atoms with van der Waals surface area (Å²) in [6, 6.07) is 0. The van der Waals surface area contributed by atoms with Crippen molar-refractivity contribution in [2.45, 2.75) is 5.50 Å². The van der Waals surface area contributed by atoms with Gasteiger partial charge in [0.25, 0.3) is 5.95 Å². The van der Waals surface area contributed by atoms with Gasteiger partial charge in [0.15, 0.2) is 5.50 Å². The molecule has 0 radical (unpaired) electrons. The van der Waals surface area contributed by atoms with Crippen molar-refractivity contribution in [3.05, 3.63) is 23.9 Å². The molecule has 2 aliphatic rings. The van der Waals surface area contributed by atoms with E-state index >= 15 is 0 Å². The van der Waals surface area contributed by atoms with Crippen molar-refractivity contribution in [3.63, 3.8) is 0 Å². The molecule has 2 aliphatic heterocycles. The Balaban J connectivity index is 1.93. The first-order valence-electron chi connectivity index (χ1n) is 4.21. The molecule has 3 rings (SSSR count). The molecular formula is C7H8N6S. The van der Waals surface area contributed by atoms with E-state index in [2.05, 4.69) is 43.2 Å². The summed E-state index contributed by atoms with van der Waals surface area (Å²) in [7, 11) is 0. The maximum absolute atomic E-state index is 3.96. The topological polar surface area (TPSA) is 60.9 Å². The number of hydrogen-bond donors (Lipinski definition) is 1. The van der Waals surface area contributed by atoms with Gasteiger partial charge in [0, 0.05) is 18.9 Å². The van der Waals surface area contributed by atoms with E-state index in [9.17, 15) is 0 Å². The monoisotopic (exact) mass is 208 g/mol. The predicted octanol–water partition coefficient (Wildman–Crippen LogP) is 0.337. The van der Waals surface area contributed by atoms with Crippen LogP contribution >= 0.6 is 11.8 Å². The van der Waals surface area contributed by atoms with Crippen LogP contribution in [0.1, 0.15) is 0 Å². The highest BCUT2D eigenvalue weighted by Crippen LogP contribution is 2.32. The third kappa shape index (κ3) is 1.09. The van der Waals surface area contributed by atoms with Gasteiger partial charge in [-0.05, 0) is 16.7 Å². The number of nitrogens with one attached hydrogen (secondary N) is 1. The molecule has 0 saturated carbocycles. The number of tetrazole rings is 1. The number of H-pyrrole nitrogens is 1. The molecule has 0 aromatic carbocycles. The van der Waals surface area contributed by atoms with Crippen molar-refractivity contribution in [1.29, 1.82) is 0 Å². The van der Waals surface area contributed by atoms with Crippen LogP contribution in [0.2, 0.25) is 0 Å². The largest absolute Gasteiger partial charge is 0.344 e. The van der Waals surface area contributed by atoms with Crippen molar-refractivity contribution < 1.29 is 0 Å². The number of aromatic nitrogens is 4. The lowest BCUT2D eigenvalue weighted by Crippen LogP contribution is -2.42. The highest BCUT2D eigenvalue weighted by molar-refractivity contribution is 8.03. The van der Waals surface area contributed by atoms with Crippen LogP contribution in [0, 0.1) is 0 Å². The van der Waals surface area contributed by atoms with Gasteiger partial charge in [0.2, 0.25) is 0 Å². The van der Waals surface area contributed by atoms with Crippen molar-refractivity contribution in [1.82, 2.24) is 25.5 Å². The van der Waals surface area contributed by atoms with Crippen LogP contribution in [0.15, 0.2) is 23.9 Å². The second-order valence-corrected chi connectivity index (χ2v) is 3.91. The van der Waals surface area contributed by atoms with E-state index in [1.54, 1.807) is 11.8 Å². The average Bonchev–Trinajstić information content (AvgIpc) is 2.88. The van der Waals surface area contributed by atoms with Crippen LogP contribution < -0.4 is 4.90 Å². The summed E-state index contributed by atoms with van der Waals surface area (Å²) >= 11 is 1.73. The minimum Gasteiger partial charge on any atom is -0.344 e. The fourth-order valence-corrected chi connectivity index (χ4v) is 2.47. The summed E-state index contributed by atoms with van der Waals surface area (Å²) in [5, 5.41) is 16.0. The smallest absolute Gasteiger partial charge is 0.272 e. The molecule has 0 amide bonds. The Kier molecular flexibility index (Phi) is 1.69. The van der Waals surface area contributed by atoms with Gasteiger partial charge in [-0.2, -0.15) is 5.21 Å². The maximum Gasteiger partial charge on any atom is 0.272 e. The van der Waals surface area contributed by atoms with Gasteiger partial charge in [-0.25, -0.2) is 0 Å². The van der Waals surface area contributed by atoms with Gasteiger partial charge in [-0.3, -0.25) is 4.90 Å². The molecule has 1 unspecified atom stereocenters. The molecule has 3 heterocycles. The first-order valence-corrected chi connectivity index (χ1v) is 5.16. The van der Waals surface area contributed by atoms with Crippen LogP contribution in [0.5, 0.6) is 0 Å². The second kappa shape index (κ2) is 3.02. The molecule has 6 nitrogen and oxygen atoms in total. The Morgan fingerprint density at radius 1 is 1.50 bits per heavy atom. The Morgan fingerprint density at radius 2 is 2.50 bits per heavy atom. The lowest BCUT2D eigenvalue weighted by atomic mass is 10.4. The fourth-order valence-electron chi connectivity index (χ4n) is 1.50. The minimum absolute atomic E-state index is 0.234. The fraction of sp³-hybridized carbons (Fsp3) is 0.286. The van der Waals surface area contributed by atoms with Crippen LogP contribution in [0.3, 0.4) is 0 Å². The summed E-state index contributed by atoms with van der Waals surface area (Å²) in [6.45, 7) is 0.933. The van der Waals surface area contributed by atoms with Gasteiger partial charge in [-0.15, -0.1) is 5.10 Å². The van der Waals surface area contributed by atoms with Crippen LogP contribution in [0.25, 0.3) is 0 Å². The van der Waals surface area contributed by atoms with E-state index in [0.717, 1.165) is 6.54 Å². The highest BCUT2D eigenvalue weighted by Gasteiger charge is 2.29. The second-order valence-electron chi connectivity index (χ2n) is 2.95. The number of nitrogens with zero attached hydrogens (tertiary/aromatic N) is 5. The number of rotatable bonds is 1. The molecule has 1 atom stereocenters. The zero-order valence-corrected chi connectivity index (χ0v) is 8.05. The van der Waals surface area contributed by atoms with Crippen molar-refractivity contribution >= 4 is 17.7 Å². The summed E-state index contributed by atoms with van der Waals surface area (Å²) in [5.41, 5.74) is 0.234. The van der Waals surface area contributed by atoms with Crippen molar-refractivity contribution in [2.24, 2.45) is 0 Å². The van der Waals surface area contributed by atoms with Gasteiger partial charge in [0.05, 0.1) is 0 Å². The number of fused-ring (bicyclic) bond motifs is 1. The molecule has 72 valence electrons. The summed E-state index contributed by atoms with van der Waals surface area (Å²) < 4.78 is 0. The van der Waals surface area contributed by atoms with Gasteiger partial charge >= 0.3 is 0 Å². The van der Waals surface area contributed by atoms with E-state index in [-0.39, 0.29) is 5.50 Å². The lowest BCUT2D eigenvalue weighted by Gasteiger charge is -2.34. The van der Waals surface area contributed by atoms with Gasteiger partial charge in [-0.1, -0.05) is 16.9 Å². The van der Waals surface area contributed by atoms with E-state index in [4.69, 9.17) is 0 Å².